The third kappa shape index (κ3) is 7.99. The first-order chi connectivity index (χ1) is 10.4. The Bertz CT molecular complexity index is 321. The van der Waals surface area contributed by atoms with Gasteiger partial charge in [0.1, 0.15) is 0 Å². The summed E-state index contributed by atoms with van der Waals surface area (Å²) in [6.45, 7) is 14.3. The van der Waals surface area contributed by atoms with Crippen LogP contribution in [0.3, 0.4) is 0 Å². The van der Waals surface area contributed by atoms with Crippen LogP contribution >= 0.6 is 0 Å². The number of nitrogens with zero attached hydrogens (tertiary/aromatic N) is 3. The lowest BCUT2D eigenvalue weighted by Gasteiger charge is -2.35. The van der Waals surface area contributed by atoms with E-state index in [9.17, 15) is 0 Å². The molecule has 0 aromatic rings. The van der Waals surface area contributed by atoms with Gasteiger partial charge in [-0.15, -0.1) is 0 Å². The quantitative estimate of drug-likeness (QED) is 0.529. The van der Waals surface area contributed by atoms with Crippen LogP contribution in [0.25, 0.3) is 0 Å². The number of nitrogens with two attached hydrogens (primary N) is 1. The van der Waals surface area contributed by atoms with Crippen LogP contribution in [-0.2, 0) is 0 Å². The third-order valence-corrected chi connectivity index (χ3v) is 4.50. The lowest BCUT2D eigenvalue weighted by atomic mass is 10.0. The van der Waals surface area contributed by atoms with E-state index in [1.54, 1.807) is 0 Å². The van der Waals surface area contributed by atoms with Gasteiger partial charge in [-0.25, -0.2) is 0 Å². The maximum absolute atomic E-state index is 6.02. The molecule has 2 unspecified atom stereocenters. The van der Waals surface area contributed by atoms with Crippen molar-refractivity contribution >= 4 is 5.96 Å². The molecule has 130 valence electrons. The van der Waals surface area contributed by atoms with Gasteiger partial charge in [0, 0.05) is 38.3 Å². The molecular weight excluding hydrogens is 274 g/mol. The van der Waals surface area contributed by atoms with E-state index in [-0.39, 0.29) is 0 Å². The molecular formula is C17H37N5. The largest absolute Gasteiger partial charge is 0.370 e. The van der Waals surface area contributed by atoms with Crippen LogP contribution in [-0.4, -0.2) is 67.6 Å². The molecule has 0 aliphatic carbocycles. The Labute approximate surface area is 137 Å². The molecule has 3 N–H and O–H groups in total. The number of likely N-dealkylation sites (N-methyl/N-ethyl adjacent to an activating group) is 1. The Hall–Kier alpha value is -0.810. The first-order valence-corrected chi connectivity index (χ1v) is 8.87. The number of aliphatic imine (C=N–C) groups is 1. The third-order valence-electron chi connectivity index (χ3n) is 4.50. The van der Waals surface area contributed by atoms with Crippen molar-refractivity contribution in [1.29, 1.82) is 0 Å². The molecule has 1 saturated heterocycles. The number of nitrogens with one attached hydrogen (secondary N) is 1. The molecule has 1 rings (SSSR count). The second-order valence-electron chi connectivity index (χ2n) is 7.28. The number of rotatable bonds is 8. The Morgan fingerprint density at radius 3 is 2.32 bits per heavy atom. The van der Waals surface area contributed by atoms with E-state index < -0.39 is 0 Å². The van der Waals surface area contributed by atoms with Crippen LogP contribution in [0.1, 0.15) is 47.0 Å². The van der Waals surface area contributed by atoms with Gasteiger partial charge >= 0.3 is 0 Å². The Morgan fingerprint density at radius 1 is 1.09 bits per heavy atom. The minimum atomic E-state index is 0.404. The summed E-state index contributed by atoms with van der Waals surface area (Å²) in [6, 6.07) is 0.867. The lowest BCUT2D eigenvalue weighted by molar-refractivity contribution is 0.122. The maximum atomic E-state index is 6.02. The second kappa shape index (κ2) is 10.1. The molecule has 0 amide bonds. The summed E-state index contributed by atoms with van der Waals surface area (Å²) in [7, 11) is 2.18. The van der Waals surface area contributed by atoms with E-state index in [1.807, 2.05) is 0 Å². The highest BCUT2D eigenvalue weighted by molar-refractivity contribution is 5.78. The molecule has 0 bridgehead atoms. The summed E-state index contributed by atoms with van der Waals surface area (Å²) in [6.07, 6.45) is 3.68. The zero-order valence-electron chi connectivity index (χ0n) is 15.3. The Balaban J connectivity index is 2.23. The normalized spacial score (nSPS) is 21.1. The van der Waals surface area contributed by atoms with E-state index in [0.717, 1.165) is 45.1 Å². The van der Waals surface area contributed by atoms with Crippen LogP contribution in [0.2, 0.25) is 0 Å². The molecule has 22 heavy (non-hydrogen) atoms. The van der Waals surface area contributed by atoms with Gasteiger partial charge < -0.3 is 16.0 Å². The topological polar surface area (TPSA) is 56.9 Å². The summed E-state index contributed by atoms with van der Waals surface area (Å²) in [4.78, 5) is 9.41. The smallest absolute Gasteiger partial charge is 0.188 e. The summed E-state index contributed by atoms with van der Waals surface area (Å²) in [5.41, 5.74) is 6.02. The van der Waals surface area contributed by atoms with Gasteiger partial charge in [-0.3, -0.25) is 9.89 Å². The molecule has 0 saturated carbocycles. The minimum absolute atomic E-state index is 0.404. The van der Waals surface area contributed by atoms with Crippen molar-refractivity contribution in [2.75, 3.05) is 39.8 Å². The lowest BCUT2D eigenvalue weighted by Crippen LogP contribution is -2.49. The highest BCUT2D eigenvalue weighted by atomic mass is 15.3. The molecule has 1 heterocycles. The SMILES string of the molecule is CC(C)CCCC(C)NC(N)=NCC(C)N1CCN(C)CC1. The van der Waals surface area contributed by atoms with E-state index in [0.29, 0.717) is 18.0 Å². The van der Waals surface area contributed by atoms with Crippen LogP contribution in [0.15, 0.2) is 4.99 Å². The van der Waals surface area contributed by atoms with Gasteiger partial charge in [0.15, 0.2) is 5.96 Å². The fourth-order valence-electron chi connectivity index (χ4n) is 2.81. The van der Waals surface area contributed by atoms with E-state index in [2.05, 4.69) is 54.9 Å². The molecule has 0 spiro atoms. The van der Waals surface area contributed by atoms with E-state index in [4.69, 9.17) is 5.73 Å². The van der Waals surface area contributed by atoms with Crippen LogP contribution in [0.5, 0.6) is 0 Å². The summed E-state index contributed by atoms with van der Waals surface area (Å²) in [5.74, 6) is 1.38. The second-order valence-corrected chi connectivity index (χ2v) is 7.28. The molecule has 1 aliphatic heterocycles. The summed E-state index contributed by atoms with van der Waals surface area (Å²) in [5, 5.41) is 3.32. The highest BCUT2D eigenvalue weighted by Crippen LogP contribution is 2.08. The zero-order valence-corrected chi connectivity index (χ0v) is 15.3. The van der Waals surface area contributed by atoms with Crippen molar-refractivity contribution < 1.29 is 0 Å². The molecule has 1 aliphatic rings. The van der Waals surface area contributed by atoms with Crippen molar-refractivity contribution in [3.63, 3.8) is 0 Å². The van der Waals surface area contributed by atoms with Crippen molar-refractivity contribution in [3.8, 4) is 0 Å². The predicted molar refractivity (Wildman–Crippen MR) is 96.3 cm³/mol. The van der Waals surface area contributed by atoms with Crippen molar-refractivity contribution in [2.45, 2.75) is 59.0 Å². The first kappa shape index (κ1) is 19.2. The predicted octanol–water partition coefficient (Wildman–Crippen LogP) is 1.74. The van der Waals surface area contributed by atoms with Crippen molar-refractivity contribution in [2.24, 2.45) is 16.6 Å². The van der Waals surface area contributed by atoms with E-state index >= 15 is 0 Å². The number of hydrogen-bond donors (Lipinski definition) is 2. The number of hydrogen-bond acceptors (Lipinski definition) is 3. The summed E-state index contributed by atoms with van der Waals surface area (Å²) < 4.78 is 0. The zero-order chi connectivity index (χ0) is 16.5. The van der Waals surface area contributed by atoms with E-state index in [1.165, 1.54) is 12.8 Å². The molecule has 0 aromatic heterocycles. The molecule has 1 fully saturated rings. The maximum Gasteiger partial charge on any atom is 0.188 e. The Kier molecular flexibility index (Phi) is 8.79. The van der Waals surface area contributed by atoms with Gasteiger partial charge in [-0.1, -0.05) is 26.7 Å². The van der Waals surface area contributed by atoms with Gasteiger partial charge in [-0.05, 0) is 33.2 Å². The average molecular weight is 312 g/mol. The Morgan fingerprint density at radius 2 is 1.73 bits per heavy atom. The van der Waals surface area contributed by atoms with Crippen LogP contribution in [0, 0.1) is 5.92 Å². The first-order valence-electron chi connectivity index (χ1n) is 8.87. The minimum Gasteiger partial charge on any atom is -0.370 e. The molecule has 5 heteroatoms. The van der Waals surface area contributed by atoms with Gasteiger partial charge in [0.25, 0.3) is 0 Å². The standard InChI is InChI=1S/C17H37N5/c1-14(2)7-6-8-15(3)20-17(18)19-13-16(4)22-11-9-21(5)10-12-22/h14-16H,6-13H2,1-5H3,(H3,18,19,20). The fourth-order valence-corrected chi connectivity index (χ4v) is 2.81. The average Bonchev–Trinajstić information content (AvgIpc) is 2.45. The van der Waals surface area contributed by atoms with Crippen LogP contribution in [0.4, 0.5) is 0 Å². The van der Waals surface area contributed by atoms with Gasteiger partial charge in [0.2, 0.25) is 0 Å². The van der Waals surface area contributed by atoms with Crippen molar-refractivity contribution in [3.05, 3.63) is 0 Å². The molecule has 5 nitrogen and oxygen atoms in total. The summed E-state index contributed by atoms with van der Waals surface area (Å²) >= 11 is 0. The fraction of sp³-hybridized carbons (Fsp3) is 0.941. The molecule has 0 aromatic carbocycles. The van der Waals surface area contributed by atoms with Crippen molar-refractivity contribution in [1.82, 2.24) is 15.1 Å². The van der Waals surface area contributed by atoms with Gasteiger partial charge in [-0.2, -0.15) is 0 Å². The highest BCUT2D eigenvalue weighted by Gasteiger charge is 2.18. The van der Waals surface area contributed by atoms with Gasteiger partial charge in [0.05, 0.1) is 6.54 Å². The van der Waals surface area contributed by atoms with Crippen LogP contribution < -0.4 is 11.1 Å². The monoisotopic (exact) mass is 311 g/mol. The number of guanidine groups is 1. The number of piperazine rings is 1. The molecule has 0 radical (unpaired) electrons. The molecule has 2 atom stereocenters.